The van der Waals surface area contributed by atoms with Gasteiger partial charge in [0, 0.05) is 6.20 Å². The fraction of sp³-hybridized carbons (Fsp3) is 0.476. The number of benzene rings is 1. The van der Waals surface area contributed by atoms with Crippen molar-refractivity contribution in [2.75, 3.05) is 0 Å². The molecule has 1 aliphatic heterocycles. The first-order valence-corrected chi connectivity index (χ1v) is 12.4. The molecule has 0 bridgehead atoms. The Balaban J connectivity index is 2.18. The van der Waals surface area contributed by atoms with Crippen LogP contribution >= 0.6 is 0 Å². The topological polar surface area (TPSA) is 171 Å². The van der Waals surface area contributed by atoms with Crippen LogP contribution in [-0.4, -0.2) is 53.5 Å². The summed E-state index contributed by atoms with van der Waals surface area (Å²) in [5, 5.41) is 16.5. The third-order valence-electron chi connectivity index (χ3n) is 5.34. The first-order chi connectivity index (χ1) is 17.5. The maximum atomic E-state index is 13.8. The number of hydrogen-bond acceptors (Lipinski definition) is 7. The van der Waals surface area contributed by atoms with Crippen LogP contribution in [-0.2, 0) is 31.1 Å². The summed E-state index contributed by atoms with van der Waals surface area (Å²) in [5.74, 6) is -14.4. The minimum Gasteiger partial charge on any atom is -0.444 e. The summed E-state index contributed by atoms with van der Waals surface area (Å²) >= 11 is 0. The summed E-state index contributed by atoms with van der Waals surface area (Å²) in [7, 11) is -5.12. The van der Waals surface area contributed by atoms with Gasteiger partial charge in [-0.05, 0) is 18.8 Å². The van der Waals surface area contributed by atoms with Crippen LogP contribution in [0.1, 0.15) is 32.3 Å². The number of halogens is 5. The zero-order valence-corrected chi connectivity index (χ0v) is 20.6. The molecular formula is C21H24F5N3O8S. The molecule has 38 heavy (non-hydrogen) atoms. The van der Waals surface area contributed by atoms with Crippen molar-refractivity contribution in [3.63, 3.8) is 0 Å². The van der Waals surface area contributed by atoms with E-state index in [2.05, 4.69) is 15.4 Å². The molecular weight excluding hydrogens is 549 g/mol. The zero-order valence-electron chi connectivity index (χ0n) is 19.8. The van der Waals surface area contributed by atoms with Crippen molar-refractivity contribution >= 4 is 28.0 Å². The third-order valence-corrected chi connectivity index (χ3v) is 6.28. The van der Waals surface area contributed by atoms with E-state index in [9.17, 15) is 54.4 Å². The second-order valence-corrected chi connectivity index (χ2v) is 10.2. The van der Waals surface area contributed by atoms with Gasteiger partial charge >= 0.3 is 6.09 Å². The van der Waals surface area contributed by atoms with E-state index in [0.29, 0.717) is 0 Å². The Labute approximate surface area is 213 Å². The molecule has 0 aliphatic carbocycles. The van der Waals surface area contributed by atoms with Gasteiger partial charge in [-0.2, -0.15) is 8.42 Å². The number of amides is 3. The quantitative estimate of drug-likeness (QED) is 0.114. The zero-order chi connectivity index (χ0) is 28.9. The SMILES string of the molecule is CC(C)C[C@H](NC(=O)OCc1c(F)c(F)c(F)c(F)c1F)C(=O)N[C@@H](C[C@@H]1C=CNC1=O)[C@H](O)S(=O)(=O)O. The van der Waals surface area contributed by atoms with Gasteiger partial charge in [-0.15, -0.1) is 0 Å². The van der Waals surface area contributed by atoms with Crippen molar-refractivity contribution in [1.82, 2.24) is 16.0 Å². The van der Waals surface area contributed by atoms with Gasteiger partial charge in [-0.3, -0.25) is 14.1 Å². The third kappa shape index (κ3) is 7.61. The molecule has 0 saturated carbocycles. The Morgan fingerprint density at radius 2 is 1.61 bits per heavy atom. The molecule has 4 atom stereocenters. The fourth-order valence-corrected chi connectivity index (χ4v) is 4.03. The number of ether oxygens (including phenoxy) is 1. The number of carbonyl (C=O) groups excluding carboxylic acids is 3. The average Bonchev–Trinajstić information content (AvgIpc) is 3.23. The van der Waals surface area contributed by atoms with Crippen LogP contribution in [0.4, 0.5) is 26.7 Å². The highest BCUT2D eigenvalue weighted by Gasteiger charge is 2.37. The molecule has 17 heteroatoms. The van der Waals surface area contributed by atoms with Gasteiger partial charge in [0.1, 0.15) is 12.6 Å². The molecule has 1 aromatic carbocycles. The molecule has 1 aromatic rings. The van der Waals surface area contributed by atoms with Crippen molar-refractivity contribution < 1.29 is 59.1 Å². The molecule has 0 unspecified atom stereocenters. The number of aliphatic hydroxyl groups excluding tert-OH is 1. The lowest BCUT2D eigenvalue weighted by Gasteiger charge is -2.27. The van der Waals surface area contributed by atoms with E-state index < -0.39 is 99.1 Å². The van der Waals surface area contributed by atoms with Crippen LogP contribution in [0.5, 0.6) is 0 Å². The standard InChI is InChI=1S/C21H24F5N3O8S/c1-8(2)5-11(29-21(33)37-7-10-13(22)15(24)17(26)16(25)14(10)23)19(31)28-12(20(32)38(34,35)36)6-9-3-4-27-18(9)30/h3-4,8-9,11-12,20,32H,5-7H2,1-2H3,(H,27,30)(H,28,31)(H,29,33)(H,34,35,36)/t9-,11-,12-,20+/m0/s1. The van der Waals surface area contributed by atoms with Gasteiger partial charge in [-0.1, -0.05) is 19.9 Å². The van der Waals surface area contributed by atoms with Crippen molar-refractivity contribution in [3.05, 3.63) is 46.9 Å². The van der Waals surface area contributed by atoms with E-state index in [1.807, 2.05) is 5.32 Å². The monoisotopic (exact) mass is 573 g/mol. The Bertz CT molecular complexity index is 1200. The second kappa shape index (κ2) is 12.5. The lowest BCUT2D eigenvalue weighted by molar-refractivity contribution is -0.126. The minimum absolute atomic E-state index is 0.137. The molecule has 1 aliphatic rings. The Kier molecular flexibility index (Phi) is 10.2. The van der Waals surface area contributed by atoms with Crippen LogP contribution in [0.25, 0.3) is 0 Å². The first kappa shape index (κ1) is 30.9. The highest BCUT2D eigenvalue weighted by Crippen LogP contribution is 2.24. The molecule has 3 amide bonds. The van der Waals surface area contributed by atoms with Gasteiger partial charge < -0.3 is 25.8 Å². The number of aliphatic hydroxyl groups is 1. The van der Waals surface area contributed by atoms with Gasteiger partial charge in [0.25, 0.3) is 10.1 Å². The summed E-state index contributed by atoms with van der Waals surface area (Å²) in [4.78, 5) is 36.9. The van der Waals surface area contributed by atoms with Crippen LogP contribution in [0.15, 0.2) is 12.3 Å². The largest absolute Gasteiger partial charge is 0.444 e. The summed E-state index contributed by atoms with van der Waals surface area (Å²) in [6.07, 6.45) is 0.435. The summed E-state index contributed by atoms with van der Waals surface area (Å²) in [6.45, 7) is 1.82. The van der Waals surface area contributed by atoms with Crippen LogP contribution in [0, 0.1) is 40.9 Å². The Morgan fingerprint density at radius 1 is 1.05 bits per heavy atom. The lowest BCUT2D eigenvalue weighted by Crippen LogP contribution is -2.55. The number of rotatable bonds is 11. The van der Waals surface area contributed by atoms with Crippen LogP contribution in [0.2, 0.25) is 0 Å². The lowest BCUT2D eigenvalue weighted by atomic mass is 9.99. The van der Waals surface area contributed by atoms with Crippen molar-refractivity contribution in [3.8, 4) is 0 Å². The second-order valence-electron chi connectivity index (χ2n) is 8.68. The molecule has 0 radical (unpaired) electrons. The molecule has 1 heterocycles. The number of carbonyl (C=O) groups is 3. The van der Waals surface area contributed by atoms with E-state index >= 15 is 0 Å². The Hall–Kier alpha value is -3.31. The summed E-state index contributed by atoms with van der Waals surface area (Å²) in [6, 6.07) is -3.26. The normalized spacial score (nSPS) is 17.6. The van der Waals surface area contributed by atoms with Crippen LogP contribution in [0.3, 0.4) is 0 Å². The molecule has 0 saturated heterocycles. The molecule has 0 aromatic heterocycles. The highest BCUT2D eigenvalue weighted by molar-refractivity contribution is 7.86. The fourth-order valence-electron chi connectivity index (χ4n) is 3.44. The first-order valence-electron chi connectivity index (χ1n) is 10.9. The number of hydrogen-bond donors (Lipinski definition) is 5. The number of alkyl carbamates (subject to hydrolysis) is 1. The van der Waals surface area contributed by atoms with Gasteiger partial charge in [0.15, 0.2) is 23.3 Å². The maximum absolute atomic E-state index is 13.8. The molecule has 0 fully saturated rings. The molecule has 212 valence electrons. The van der Waals surface area contributed by atoms with E-state index in [4.69, 9.17) is 0 Å². The van der Waals surface area contributed by atoms with E-state index in [-0.39, 0.29) is 12.3 Å². The predicted molar refractivity (Wildman–Crippen MR) is 118 cm³/mol. The van der Waals surface area contributed by atoms with Crippen LogP contribution < -0.4 is 16.0 Å². The maximum Gasteiger partial charge on any atom is 0.408 e. The van der Waals surface area contributed by atoms with Gasteiger partial charge in [0.2, 0.25) is 23.1 Å². The van der Waals surface area contributed by atoms with E-state index in [1.165, 1.54) is 12.3 Å². The minimum atomic E-state index is -5.12. The summed E-state index contributed by atoms with van der Waals surface area (Å²) < 4.78 is 104. The Morgan fingerprint density at radius 3 is 2.08 bits per heavy atom. The smallest absolute Gasteiger partial charge is 0.408 e. The molecule has 0 spiro atoms. The summed E-state index contributed by atoms with van der Waals surface area (Å²) in [5.41, 5.74) is -4.00. The van der Waals surface area contributed by atoms with Crippen molar-refractivity contribution in [1.29, 1.82) is 0 Å². The predicted octanol–water partition coefficient (Wildman–Crippen LogP) is 1.36. The highest BCUT2D eigenvalue weighted by atomic mass is 32.2. The van der Waals surface area contributed by atoms with Gasteiger partial charge in [0.05, 0.1) is 17.5 Å². The van der Waals surface area contributed by atoms with Gasteiger partial charge in [-0.25, -0.2) is 26.7 Å². The molecule has 2 rings (SSSR count). The van der Waals surface area contributed by atoms with Crippen molar-refractivity contribution in [2.24, 2.45) is 11.8 Å². The number of nitrogens with one attached hydrogen (secondary N) is 3. The van der Waals surface area contributed by atoms with Crippen molar-refractivity contribution in [2.45, 2.75) is 50.8 Å². The van der Waals surface area contributed by atoms with E-state index in [0.717, 1.165) is 0 Å². The molecule has 11 nitrogen and oxygen atoms in total. The molecule has 5 N–H and O–H groups in total. The van der Waals surface area contributed by atoms with E-state index in [1.54, 1.807) is 13.8 Å². The average molecular weight is 573 g/mol.